The van der Waals surface area contributed by atoms with E-state index in [1.165, 1.54) is 0 Å². The molecule has 2 rings (SSSR count). The van der Waals surface area contributed by atoms with Crippen LogP contribution in [-0.4, -0.2) is 21.7 Å². The zero-order valence-electron chi connectivity index (χ0n) is 12.5. The maximum atomic E-state index is 10.9. The minimum Gasteiger partial charge on any atom is -0.480 e. The monoisotopic (exact) mass is 277 g/mol. The minimum atomic E-state index is -0.990. The molecule has 5 heteroatoms. The van der Waals surface area contributed by atoms with Gasteiger partial charge in [-0.15, -0.1) is 0 Å². The lowest BCUT2D eigenvalue weighted by atomic mass is 10.0. The lowest BCUT2D eigenvalue weighted by Crippen LogP contribution is -2.32. The molecule has 1 aromatic heterocycles. The van der Waals surface area contributed by atoms with Gasteiger partial charge in [0, 0.05) is 24.5 Å². The summed E-state index contributed by atoms with van der Waals surface area (Å²) in [6.45, 7) is 5.95. The molecule has 0 amide bonds. The van der Waals surface area contributed by atoms with E-state index in [-0.39, 0.29) is 0 Å². The van der Waals surface area contributed by atoms with Crippen molar-refractivity contribution >= 4 is 22.6 Å². The molecule has 0 spiro atoms. The number of aryl methyl sites for hydroxylation is 1. The Morgan fingerprint density at radius 3 is 2.55 bits per heavy atom. The molecule has 20 heavy (non-hydrogen) atoms. The van der Waals surface area contributed by atoms with Gasteiger partial charge in [-0.2, -0.15) is 0 Å². The number of aromatic nitrogens is 1. The number of hydrogen-bond donors (Lipinski definition) is 3. The summed E-state index contributed by atoms with van der Waals surface area (Å²) in [6.07, 6.45) is 0.307. The Balaban J connectivity index is 0.000000956. The van der Waals surface area contributed by atoms with Gasteiger partial charge in [-0.25, -0.2) is 0 Å². The van der Waals surface area contributed by atoms with Crippen molar-refractivity contribution in [2.45, 2.75) is 33.2 Å². The van der Waals surface area contributed by atoms with E-state index in [2.05, 4.69) is 0 Å². The Kier molecular flexibility index (Phi) is 5.16. The predicted octanol–water partition coefficient (Wildman–Crippen LogP) is 2.05. The molecule has 0 saturated carbocycles. The quantitative estimate of drug-likeness (QED) is 0.748. The molecular weight excluding hydrogens is 254 g/mol. The van der Waals surface area contributed by atoms with E-state index in [1.807, 2.05) is 50.6 Å². The highest BCUT2D eigenvalue weighted by molar-refractivity contribution is 5.94. The van der Waals surface area contributed by atoms with E-state index in [0.29, 0.717) is 12.1 Å². The smallest absolute Gasteiger partial charge is 0.320 e. The van der Waals surface area contributed by atoms with E-state index in [0.717, 1.165) is 22.2 Å². The number of nitrogens with two attached hydrogens (primary N) is 2. The first kappa shape index (κ1) is 16.0. The highest BCUT2D eigenvalue weighted by Crippen LogP contribution is 2.29. The number of carboxylic acids is 1. The van der Waals surface area contributed by atoms with Crippen molar-refractivity contribution in [2.75, 3.05) is 5.73 Å². The number of hydrogen-bond acceptors (Lipinski definition) is 3. The second kappa shape index (κ2) is 6.43. The van der Waals surface area contributed by atoms with Crippen LogP contribution in [0, 0.1) is 6.92 Å². The lowest BCUT2D eigenvalue weighted by molar-refractivity contribution is -0.138. The van der Waals surface area contributed by atoms with Crippen molar-refractivity contribution in [2.24, 2.45) is 12.8 Å². The van der Waals surface area contributed by atoms with Crippen LogP contribution in [0.25, 0.3) is 10.9 Å². The molecule has 0 aliphatic carbocycles. The molecular formula is C15H23N3O2. The van der Waals surface area contributed by atoms with Crippen molar-refractivity contribution in [1.29, 1.82) is 0 Å². The summed E-state index contributed by atoms with van der Waals surface area (Å²) in [4.78, 5) is 10.9. The van der Waals surface area contributed by atoms with Crippen LogP contribution in [0.2, 0.25) is 0 Å². The first-order chi connectivity index (χ1) is 9.43. The number of carboxylic acid groups (broad SMARTS) is 1. The van der Waals surface area contributed by atoms with Crippen LogP contribution in [0.5, 0.6) is 0 Å². The van der Waals surface area contributed by atoms with Gasteiger partial charge in [-0.05, 0) is 18.6 Å². The number of rotatable bonds is 3. The molecule has 0 bridgehead atoms. The van der Waals surface area contributed by atoms with Crippen molar-refractivity contribution in [3.8, 4) is 0 Å². The zero-order chi connectivity index (χ0) is 15.4. The van der Waals surface area contributed by atoms with Crippen molar-refractivity contribution in [1.82, 2.24) is 4.57 Å². The van der Waals surface area contributed by atoms with Crippen molar-refractivity contribution in [3.05, 3.63) is 29.5 Å². The molecule has 0 fully saturated rings. The SMILES string of the molecule is CC.Cc1c(CC(N)C(=O)O)c2cccc(N)c2n1C. The maximum absolute atomic E-state index is 10.9. The van der Waals surface area contributed by atoms with Gasteiger partial charge in [0.15, 0.2) is 0 Å². The molecule has 0 radical (unpaired) electrons. The topological polar surface area (TPSA) is 94.3 Å². The normalized spacial score (nSPS) is 11.8. The molecule has 110 valence electrons. The van der Waals surface area contributed by atoms with Gasteiger partial charge in [0.25, 0.3) is 0 Å². The first-order valence-electron chi connectivity index (χ1n) is 6.74. The fraction of sp³-hybridized carbons (Fsp3) is 0.400. The van der Waals surface area contributed by atoms with Crippen molar-refractivity contribution in [3.63, 3.8) is 0 Å². The Morgan fingerprint density at radius 1 is 1.40 bits per heavy atom. The molecule has 0 aliphatic rings. The Hall–Kier alpha value is -2.01. The van der Waals surface area contributed by atoms with Crippen LogP contribution in [0.1, 0.15) is 25.1 Å². The van der Waals surface area contributed by atoms with Crippen LogP contribution in [0.3, 0.4) is 0 Å². The van der Waals surface area contributed by atoms with Crippen LogP contribution in [-0.2, 0) is 18.3 Å². The third-order valence-corrected chi connectivity index (χ3v) is 3.41. The van der Waals surface area contributed by atoms with Gasteiger partial charge in [0.05, 0.1) is 11.2 Å². The summed E-state index contributed by atoms with van der Waals surface area (Å²) in [5, 5.41) is 9.89. The summed E-state index contributed by atoms with van der Waals surface area (Å²) in [5.41, 5.74) is 15.2. The van der Waals surface area contributed by atoms with E-state index >= 15 is 0 Å². The van der Waals surface area contributed by atoms with E-state index in [4.69, 9.17) is 16.6 Å². The average Bonchev–Trinajstić information content (AvgIpc) is 2.67. The lowest BCUT2D eigenvalue weighted by Gasteiger charge is -2.06. The highest BCUT2D eigenvalue weighted by Gasteiger charge is 2.19. The number of benzene rings is 1. The van der Waals surface area contributed by atoms with Gasteiger partial charge >= 0.3 is 5.97 Å². The van der Waals surface area contributed by atoms with Crippen LogP contribution in [0.15, 0.2) is 18.2 Å². The molecule has 1 unspecified atom stereocenters. The van der Waals surface area contributed by atoms with Crippen LogP contribution >= 0.6 is 0 Å². The Bertz CT molecular complexity index is 617. The molecule has 5 N–H and O–H groups in total. The predicted molar refractivity (Wildman–Crippen MR) is 82.7 cm³/mol. The van der Waals surface area contributed by atoms with Gasteiger partial charge in [-0.1, -0.05) is 26.0 Å². The number of aliphatic carboxylic acids is 1. The minimum absolute atomic E-state index is 0.307. The largest absolute Gasteiger partial charge is 0.480 e. The van der Waals surface area contributed by atoms with Gasteiger partial charge in [0.1, 0.15) is 6.04 Å². The van der Waals surface area contributed by atoms with Crippen LogP contribution in [0.4, 0.5) is 5.69 Å². The van der Waals surface area contributed by atoms with E-state index < -0.39 is 12.0 Å². The van der Waals surface area contributed by atoms with Crippen LogP contribution < -0.4 is 11.5 Å². The fourth-order valence-electron chi connectivity index (χ4n) is 2.31. The third-order valence-electron chi connectivity index (χ3n) is 3.41. The number of carbonyl (C=O) groups is 1. The Labute approximate surface area is 119 Å². The molecule has 2 aromatic rings. The first-order valence-corrected chi connectivity index (χ1v) is 6.74. The zero-order valence-corrected chi connectivity index (χ0v) is 12.5. The molecule has 1 aromatic carbocycles. The van der Waals surface area contributed by atoms with Gasteiger partial charge in [-0.3, -0.25) is 4.79 Å². The van der Waals surface area contributed by atoms with Gasteiger partial charge < -0.3 is 21.1 Å². The third kappa shape index (κ3) is 2.77. The number of nitrogens with zero attached hydrogens (tertiary/aromatic N) is 1. The second-order valence-electron chi connectivity index (χ2n) is 4.52. The summed E-state index contributed by atoms with van der Waals surface area (Å²) in [5.74, 6) is -0.990. The molecule has 1 heterocycles. The summed E-state index contributed by atoms with van der Waals surface area (Å²) < 4.78 is 1.98. The molecule has 0 aliphatic heterocycles. The number of para-hydroxylation sites is 1. The Morgan fingerprint density at radius 2 is 2.00 bits per heavy atom. The fourth-order valence-corrected chi connectivity index (χ4v) is 2.31. The van der Waals surface area contributed by atoms with Crippen molar-refractivity contribution < 1.29 is 9.90 Å². The number of anilines is 1. The summed E-state index contributed by atoms with van der Waals surface area (Å²) in [6, 6.07) is 4.76. The highest BCUT2D eigenvalue weighted by atomic mass is 16.4. The number of nitrogen functional groups attached to an aromatic ring is 1. The number of fused-ring (bicyclic) bond motifs is 1. The maximum Gasteiger partial charge on any atom is 0.320 e. The second-order valence-corrected chi connectivity index (χ2v) is 4.52. The van der Waals surface area contributed by atoms with E-state index in [9.17, 15) is 4.79 Å². The molecule has 5 nitrogen and oxygen atoms in total. The average molecular weight is 277 g/mol. The molecule has 1 atom stereocenters. The van der Waals surface area contributed by atoms with E-state index in [1.54, 1.807) is 0 Å². The van der Waals surface area contributed by atoms with Gasteiger partial charge in [0.2, 0.25) is 0 Å². The molecule has 0 saturated heterocycles. The summed E-state index contributed by atoms with van der Waals surface area (Å²) in [7, 11) is 1.92. The standard InChI is InChI=1S/C13H17N3O2.C2H6/c1-7-9(6-11(15)13(17)18)8-4-3-5-10(14)12(8)16(7)2;1-2/h3-5,11H,6,14-15H2,1-2H3,(H,17,18);1-2H3. The summed E-state index contributed by atoms with van der Waals surface area (Å²) >= 11 is 0.